The molecule has 2 heteroatoms. The third-order valence-electron chi connectivity index (χ3n) is 4.21. The van der Waals surface area contributed by atoms with Gasteiger partial charge in [-0.1, -0.05) is 19.3 Å². The number of hydrogen-bond donors (Lipinski definition) is 1. The quantitative estimate of drug-likeness (QED) is 0.771. The zero-order valence-electron chi connectivity index (χ0n) is 9.99. The van der Waals surface area contributed by atoms with E-state index in [4.69, 9.17) is 0 Å². The molecule has 2 rings (SSSR count). The molecule has 0 radical (unpaired) electrons. The lowest BCUT2D eigenvalue weighted by molar-refractivity contribution is 0.105. The molecule has 2 fully saturated rings. The van der Waals surface area contributed by atoms with Gasteiger partial charge in [0.1, 0.15) is 0 Å². The fourth-order valence-electron chi connectivity index (χ4n) is 3.34. The highest BCUT2D eigenvalue weighted by molar-refractivity contribution is 4.80. The van der Waals surface area contributed by atoms with Crippen molar-refractivity contribution >= 4 is 0 Å². The van der Waals surface area contributed by atoms with Gasteiger partial charge < -0.3 is 10.0 Å². The van der Waals surface area contributed by atoms with Gasteiger partial charge in [-0.15, -0.1) is 0 Å². The molecule has 2 aliphatic carbocycles. The van der Waals surface area contributed by atoms with Gasteiger partial charge in [-0.2, -0.15) is 0 Å². The van der Waals surface area contributed by atoms with Crippen molar-refractivity contribution < 1.29 is 5.11 Å². The minimum absolute atomic E-state index is 0.0176. The molecule has 88 valence electrons. The van der Waals surface area contributed by atoms with E-state index in [1.165, 1.54) is 45.1 Å². The third-order valence-corrected chi connectivity index (χ3v) is 4.21. The SMILES string of the molecule is CN(CC1CCCC1)CC1CCCC1O. The Balaban J connectivity index is 1.69. The van der Waals surface area contributed by atoms with Crippen LogP contribution < -0.4 is 0 Å². The second kappa shape index (κ2) is 5.31. The van der Waals surface area contributed by atoms with E-state index in [1.807, 2.05) is 0 Å². The van der Waals surface area contributed by atoms with Gasteiger partial charge in [0.15, 0.2) is 0 Å². The first kappa shape index (κ1) is 11.4. The van der Waals surface area contributed by atoms with Crippen LogP contribution in [0, 0.1) is 11.8 Å². The molecule has 0 aromatic carbocycles. The van der Waals surface area contributed by atoms with Crippen LogP contribution in [0.4, 0.5) is 0 Å². The summed E-state index contributed by atoms with van der Waals surface area (Å²) in [4.78, 5) is 2.45. The summed E-state index contributed by atoms with van der Waals surface area (Å²) in [6.07, 6.45) is 9.20. The fourth-order valence-corrected chi connectivity index (χ4v) is 3.34. The smallest absolute Gasteiger partial charge is 0.0580 e. The maximum Gasteiger partial charge on any atom is 0.0580 e. The highest BCUT2D eigenvalue weighted by Crippen LogP contribution is 2.28. The van der Waals surface area contributed by atoms with Crippen LogP contribution in [0.15, 0.2) is 0 Å². The van der Waals surface area contributed by atoms with E-state index in [0.717, 1.165) is 18.9 Å². The highest BCUT2D eigenvalue weighted by Gasteiger charge is 2.27. The summed E-state index contributed by atoms with van der Waals surface area (Å²) in [6, 6.07) is 0. The molecule has 0 saturated heterocycles. The number of nitrogens with zero attached hydrogens (tertiary/aromatic N) is 1. The largest absolute Gasteiger partial charge is 0.393 e. The van der Waals surface area contributed by atoms with Crippen molar-refractivity contribution in [2.45, 2.75) is 51.0 Å². The Labute approximate surface area is 93.7 Å². The van der Waals surface area contributed by atoms with Crippen molar-refractivity contribution in [2.24, 2.45) is 11.8 Å². The van der Waals surface area contributed by atoms with Crippen molar-refractivity contribution in [2.75, 3.05) is 20.1 Å². The van der Waals surface area contributed by atoms with Crippen LogP contribution in [-0.2, 0) is 0 Å². The molecule has 2 saturated carbocycles. The van der Waals surface area contributed by atoms with Gasteiger partial charge in [-0.05, 0) is 44.6 Å². The average Bonchev–Trinajstić information content (AvgIpc) is 2.79. The number of aliphatic hydroxyl groups excluding tert-OH is 1. The molecule has 2 aliphatic rings. The lowest BCUT2D eigenvalue weighted by Gasteiger charge is -2.25. The molecule has 15 heavy (non-hydrogen) atoms. The fraction of sp³-hybridized carbons (Fsp3) is 1.00. The van der Waals surface area contributed by atoms with E-state index < -0.39 is 0 Å². The zero-order chi connectivity index (χ0) is 10.7. The summed E-state index contributed by atoms with van der Waals surface area (Å²) in [6.45, 7) is 2.36. The summed E-state index contributed by atoms with van der Waals surface area (Å²) in [7, 11) is 2.23. The minimum atomic E-state index is -0.0176. The van der Waals surface area contributed by atoms with Gasteiger partial charge in [0.2, 0.25) is 0 Å². The Morgan fingerprint density at radius 1 is 1.00 bits per heavy atom. The highest BCUT2D eigenvalue weighted by atomic mass is 16.3. The Hall–Kier alpha value is -0.0800. The lowest BCUT2D eigenvalue weighted by Crippen LogP contribution is -2.32. The molecule has 0 bridgehead atoms. The van der Waals surface area contributed by atoms with Crippen molar-refractivity contribution in [3.63, 3.8) is 0 Å². The summed E-state index contributed by atoms with van der Waals surface area (Å²) in [5, 5.41) is 9.77. The minimum Gasteiger partial charge on any atom is -0.393 e. The first-order valence-corrected chi connectivity index (χ1v) is 6.62. The van der Waals surface area contributed by atoms with Crippen LogP contribution in [0.5, 0.6) is 0 Å². The average molecular weight is 211 g/mol. The third kappa shape index (κ3) is 3.18. The van der Waals surface area contributed by atoms with Gasteiger partial charge in [0.25, 0.3) is 0 Å². The van der Waals surface area contributed by atoms with Crippen molar-refractivity contribution in [1.82, 2.24) is 4.90 Å². The van der Waals surface area contributed by atoms with E-state index in [-0.39, 0.29) is 6.10 Å². The molecule has 0 aromatic rings. The second-order valence-corrected chi connectivity index (χ2v) is 5.63. The normalized spacial score (nSPS) is 33.0. The predicted molar refractivity (Wildman–Crippen MR) is 62.8 cm³/mol. The molecule has 0 aromatic heterocycles. The van der Waals surface area contributed by atoms with Gasteiger partial charge >= 0.3 is 0 Å². The van der Waals surface area contributed by atoms with Crippen LogP contribution in [0.3, 0.4) is 0 Å². The Bertz CT molecular complexity index is 189. The van der Waals surface area contributed by atoms with E-state index in [1.54, 1.807) is 0 Å². The van der Waals surface area contributed by atoms with Crippen molar-refractivity contribution in [1.29, 1.82) is 0 Å². The van der Waals surface area contributed by atoms with E-state index in [9.17, 15) is 5.11 Å². The van der Waals surface area contributed by atoms with Gasteiger partial charge in [0.05, 0.1) is 6.10 Å². The van der Waals surface area contributed by atoms with Crippen molar-refractivity contribution in [3.8, 4) is 0 Å². The monoisotopic (exact) mass is 211 g/mol. The lowest BCUT2D eigenvalue weighted by atomic mass is 10.0. The Kier molecular flexibility index (Phi) is 4.04. The van der Waals surface area contributed by atoms with Gasteiger partial charge in [0, 0.05) is 13.1 Å². The molecule has 0 heterocycles. The van der Waals surface area contributed by atoms with Crippen LogP contribution in [-0.4, -0.2) is 36.2 Å². The Morgan fingerprint density at radius 2 is 1.73 bits per heavy atom. The Morgan fingerprint density at radius 3 is 2.33 bits per heavy atom. The molecule has 2 atom stereocenters. The summed E-state index contributed by atoms with van der Waals surface area (Å²) in [5.41, 5.74) is 0. The topological polar surface area (TPSA) is 23.5 Å². The van der Waals surface area contributed by atoms with Gasteiger partial charge in [-0.3, -0.25) is 0 Å². The van der Waals surface area contributed by atoms with Crippen LogP contribution in [0.2, 0.25) is 0 Å². The maximum absolute atomic E-state index is 9.77. The molecular formula is C13H25NO. The summed E-state index contributed by atoms with van der Waals surface area (Å²) >= 11 is 0. The molecule has 0 spiro atoms. The maximum atomic E-state index is 9.77. The van der Waals surface area contributed by atoms with Crippen molar-refractivity contribution in [3.05, 3.63) is 0 Å². The van der Waals surface area contributed by atoms with E-state index >= 15 is 0 Å². The molecule has 2 unspecified atom stereocenters. The molecule has 0 aliphatic heterocycles. The van der Waals surface area contributed by atoms with Gasteiger partial charge in [-0.25, -0.2) is 0 Å². The van der Waals surface area contributed by atoms with Crippen LogP contribution in [0.1, 0.15) is 44.9 Å². The number of aliphatic hydroxyl groups is 1. The standard InChI is InChI=1S/C13H25NO/c1-14(9-11-5-2-3-6-11)10-12-7-4-8-13(12)15/h11-13,15H,2-10H2,1H3. The van der Waals surface area contributed by atoms with E-state index in [2.05, 4.69) is 11.9 Å². The molecular weight excluding hydrogens is 186 g/mol. The molecule has 2 nitrogen and oxygen atoms in total. The van der Waals surface area contributed by atoms with Crippen LogP contribution >= 0.6 is 0 Å². The summed E-state index contributed by atoms with van der Waals surface area (Å²) < 4.78 is 0. The number of rotatable bonds is 4. The summed E-state index contributed by atoms with van der Waals surface area (Å²) in [5.74, 6) is 1.49. The first-order valence-electron chi connectivity index (χ1n) is 6.62. The van der Waals surface area contributed by atoms with E-state index in [0.29, 0.717) is 5.92 Å². The first-order chi connectivity index (χ1) is 7.25. The predicted octanol–water partition coefficient (Wildman–Crippen LogP) is 2.27. The second-order valence-electron chi connectivity index (χ2n) is 5.63. The molecule has 0 amide bonds. The zero-order valence-corrected chi connectivity index (χ0v) is 9.99. The molecule has 1 N–H and O–H groups in total. The number of hydrogen-bond acceptors (Lipinski definition) is 2. The van der Waals surface area contributed by atoms with Crippen LogP contribution in [0.25, 0.3) is 0 Å².